The van der Waals surface area contributed by atoms with Gasteiger partial charge in [-0.3, -0.25) is 9.55 Å². The van der Waals surface area contributed by atoms with Gasteiger partial charge < -0.3 is 4.52 Å². The van der Waals surface area contributed by atoms with Gasteiger partial charge in [-0.2, -0.15) is 4.98 Å². The first-order valence-corrected chi connectivity index (χ1v) is 10.3. The first-order chi connectivity index (χ1) is 14.3. The Labute approximate surface area is 171 Å². The average Bonchev–Trinajstić information content (AvgIpc) is 3.38. The molecule has 4 rings (SSSR count). The molecule has 0 saturated heterocycles. The largest absolute Gasteiger partial charge is 0.343 e. The molecule has 1 N–H and O–H groups in total. The molecule has 8 nitrogen and oxygen atoms in total. The van der Waals surface area contributed by atoms with Crippen molar-refractivity contribution in [1.29, 1.82) is 0 Å². The fraction of sp³-hybridized carbons (Fsp3) is 0.250. The fourth-order valence-corrected chi connectivity index (χ4v) is 3.77. The van der Waals surface area contributed by atoms with Crippen LogP contribution in [0, 0.1) is 0 Å². The Morgan fingerprint density at radius 1 is 1.07 bits per heavy atom. The zero-order chi connectivity index (χ0) is 19.9. The number of H-pyrrole nitrogens is 1. The van der Waals surface area contributed by atoms with E-state index >= 15 is 0 Å². The molecule has 148 valence electrons. The third-order valence-corrected chi connectivity index (χ3v) is 5.43. The zero-order valence-electron chi connectivity index (χ0n) is 15.7. The van der Waals surface area contributed by atoms with Crippen molar-refractivity contribution in [3.05, 3.63) is 76.8 Å². The number of aryl methyl sites for hydroxylation is 2. The Hall–Kier alpha value is -3.20. The summed E-state index contributed by atoms with van der Waals surface area (Å²) in [7, 11) is 0. The number of aromatic amines is 1. The topological polar surface area (TPSA) is 102 Å². The van der Waals surface area contributed by atoms with Crippen LogP contribution in [0.2, 0.25) is 0 Å². The molecular formula is C20H20N6O2S. The lowest BCUT2D eigenvalue weighted by molar-refractivity contribution is 0.378. The van der Waals surface area contributed by atoms with Gasteiger partial charge in [0.1, 0.15) is 0 Å². The van der Waals surface area contributed by atoms with E-state index in [0.717, 1.165) is 24.2 Å². The number of aromatic nitrogens is 6. The van der Waals surface area contributed by atoms with Gasteiger partial charge >= 0.3 is 5.69 Å². The van der Waals surface area contributed by atoms with Crippen molar-refractivity contribution in [3.63, 3.8) is 0 Å². The van der Waals surface area contributed by atoms with Crippen molar-refractivity contribution in [2.75, 3.05) is 5.75 Å². The summed E-state index contributed by atoms with van der Waals surface area (Å²) in [6, 6.07) is 13.8. The lowest BCUT2D eigenvalue weighted by Gasteiger charge is -2.05. The van der Waals surface area contributed by atoms with Crippen LogP contribution in [-0.2, 0) is 19.4 Å². The quantitative estimate of drug-likeness (QED) is 0.335. The number of hydrogen-bond donors (Lipinski definition) is 1. The summed E-state index contributed by atoms with van der Waals surface area (Å²) < 4.78 is 7.01. The normalized spacial score (nSPS) is 11.0. The molecule has 29 heavy (non-hydrogen) atoms. The Balaban J connectivity index is 1.28. The zero-order valence-corrected chi connectivity index (χ0v) is 16.5. The SMILES string of the molecule is O=c1[nH]nc(SCCCc2nc(-c3ccncc3)no2)n1CCc1ccccc1. The van der Waals surface area contributed by atoms with Crippen molar-refractivity contribution in [2.24, 2.45) is 0 Å². The van der Waals surface area contributed by atoms with Crippen molar-refractivity contribution in [2.45, 2.75) is 31.0 Å². The predicted octanol–water partition coefficient (Wildman–Crippen LogP) is 2.98. The number of nitrogens with one attached hydrogen (secondary N) is 1. The van der Waals surface area contributed by atoms with E-state index in [1.807, 2.05) is 30.3 Å². The fourth-order valence-electron chi connectivity index (χ4n) is 2.86. The second-order valence-electron chi connectivity index (χ2n) is 6.40. The minimum Gasteiger partial charge on any atom is -0.339 e. The van der Waals surface area contributed by atoms with Gasteiger partial charge in [0.15, 0.2) is 5.16 Å². The van der Waals surface area contributed by atoms with Gasteiger partial charge in [-0.1, -0.05) is 47.3 Å². The number of thioether (sulfide) groups is 1. The van der Waals surface area contributed by atoms with Gasteiger partial charge in [0, 0.05) is 36.7 Å². The van der Waals surface area contributed by atoms with Gasteiger partial charge in [0.05, 0.1) is 0 Å². The van der Waals surface area contributed by atoms with Crippen LogP contribution in [0.25, 0.3) is 11.4 Å². The summed E-state index contributed by atoms with van der Waals surface area (Å²) >= 11 is 1.55. The van der Waals surface area contributed by atoms with Crippen LogP contribution >= 0.6 is 11.8 Å². The Morgan fingerprint density at radius 3 is 2.72 bits per heavy atom. The molecule has 0 spiro atoms. The second-order valence-corrected chi connectivity index (χ2v) is 7.46. The molecule has 0 bridgehead atoms. The highest BCUT2D eigenvalue weighted by Gasteiger charge is 2.11. The second kappa shape index (κ2) is 9.33. The standard InChI is InChI=1S/C20H20N6O2S/c27-19-23-24-20(26(19)13-10-15-5-2-1-3-6-15)29-14-4-7-17-22-18(25-28-17)16-8-11-21-12-9-16/h1-3,5-6,8-9,11-12H,4,7,10,13-14H2,(H,23,27). The van der Waals surface area contributed by atoms with Crippen molar-refractivity contribution in [1.82, 2.24) is 29.9 Å². The van der Waals surface area contributed by atoms with Gasteiger partial charge in [0.2, 0.25) is 11.7 Å². The van der Waals surface area contributed by atoms with Crippen LogP contribution in [0.5, 0.6) is 0 Å². The molecule has 3 aromatic heterocycles. The highest BCUT2D eigenvalue weighted by molar-refractivity contribution is 7.99. The van der Waals surface area contributed by atoms with E-state index < -0.39 is 0 Å². The molecule has 0 atom stereocenters. The molecule has 0 aliphatic heterocycles. The van der Waals surface area contributed by atoms with Crippen LogP contribution in [-0.4, -0.2) is 35.6 Å². The first-order valence-electron chi connectivity index (χ1n) is 9.34. The summed E-state index contributed by atoms with van der Waals surface area (Å²) in [5.41, 5.74) is 1.89. The Morgan fingerprint density at radius 2 is 1.90 bits per heavy atom. The molecule has 0 unspecified atom stereocenters. The summed E-state index contributed by atoms with van der Waals surface area (Å²) in [6.45, 7) is 0.598. The number of hydrogen-bond acceptors (Lipinski definition) is 7. The van der Waals surface area contributed by atoms with Crippen LogP contribution in [0.1, 0.15) is 17.9 Å². The molecule has 3 heterocycles. The van der Waals surface area contributed by atoms with E-state index in [1.54, 1.807) is 28.7 Å². The number of nitrogens with zero attached hydrogens (tertiary/aromatic N) is 5. The third-order valence-electron chi connectivity index (χ3n) is 4.36. The molecule has 0 radical (unpaired) electrons. The summed E-state index contributed by atoms with van der Waals surface area (Å²) in [4.78, 5) is 20.4. The molecule has 9 heteroatoms. The van der Waals surface area contributed by atoms with Crippen LogP contribution in [0.3, 0.4) is 0 Å². The highest BCUT2D eigenvalue weighted by atomic mass is 32.2. The molecule has 0 aliphatic carbocycles. The van der Waals surface area contributed by atoms with Crippen molar-refractivity contribution >= 4 is 11.8 Å². The highest BCUT2D eigenvalue weighted by Crippen LogP contribution is 2.18. The lowest BCUT2D eigenvalue weighted by atomic mass is 10.1. The first kappa shape index (κ1) is 19.1. The molecule has 0 fully saturated rings. The summed E-state index contributed by atoms with van der Waals surface area (Å²) in [5.74, 6) is 1.96. The lowest BCUT2D eigenvalue weighted by Crippen LogP contribution is -2.18. The molecule has 0 amide bonds. The van der Waals surface area contributed by atoms with Crippen LogP contribution < -0.4 is 5.69 Å². The molecular weight excluding hydrogens is 388 g/mol. The van der Waals surface area contributed by atoms with Crippen LogP contribution in [0.4, 0.5) is 0 Å². The minimum absolute atomic E-state index is 0.178. The molecule has 1 aromatic carbocycles. The van der Waals surface area contributed by atoms with Crippen molar-refractivity contribution in [3.8, 4) is 11.4 Å². The molecule has 4 aromatic rings. The molecule has 0 aliphatic rings. The number of pyridine rings is 1. The van der Waals surface area contributed by atoms with Gasteiger partial charge in [-0.15, -0.1) is 5.10 Å². The summed E-state index contributed by atoms with van der Waals surface area (Å²) in [6.07, 6.45) is 5.69. The third kappa shape index (κ3) is 5.00. The number of rotatable bonds is 9. The Kier molecular flexibility index (Phi) is 6.16. The maximum absolute atomic E-state index is 12.0. The van der Waals surface area contributed by atoms with E-state index in [9.17, 15) is 4.79 Å². The van der Waals surface area contributed by atoms with Gasteiger partial charge in [0.25, 0.3) is 0 Å². The minimum atomic E-state index is -0.178. The molecule has 0 saturated carbocycles. The maximum Gasteiger partial charge on any atom is 0.343 e. The summed E-state index contributed by atoms with van der Waals surface area (Å²) in [5, 5.41) is 11.4. The van der Waals surface area contributed by atoms with E-state index in [2.05, 4.69) is 37.5 Å². The Bertz CT molecular complexity index is 1090. The van der Waals surface area contributed by atoms with E-state index in [0.29, 0.717) is 29.8 Å². The van der Waals surface area contributed by atoms with E-state index in [-0.39, 0.29) is 5.69 Å². The van der Waals surface area contributed by atoms with E-state index in [1.165, 1.54) is 5.56 Å². The van der Waals surface area contributed by atoms with Crippen LogP contribution in [0.15, 0.2) is 69.3 Å². The van der Waals surface area contributed by atoms with Gasteiger partial charge in [-0.25, -0.2) is 9.89 Å². The maximum atomic E-state index is 12.0. The van der Waals surface area contributed by atoms with Crippen molar-refractivity contribution < 1.29 is 4.52 Å². The predicted molar refractivity (Wildman–Crippen MR) is 110 cm³/mol. The monoisotopic (exact) mass is 408 g/mol. The van der Waals surface area contributed by atoms with Gasteiger partial charge in [-0.05, 0) is 30.5 Å². The smallest absolute Gasteiger partial charge is 0.339 e. The average molecular weight is 408 g/mol. The van der Waals surface area contributed by atoms with E-state index in [4.69, 9.17) is 4.52 Å². The number of benzene rings is 1.